The maximum Gasteiger partial charge on any atom is 0.330 e. The third-order valence-electron chi connectivity index (χ3n) is 1.80. The zero-order valence-electron chi connectivity index (χ0n) is 9.07. The number of carbonyl (C=O) groups excluding carboxylic acids is 2. The molecule has 0 radical (unpaired) electrons. The SMILES string of the molecule is CCOC(=O)C=CC(=O)c1cc(F)cc(F)c1. The van der Waals surface area contributed by atoms with Crippen LogP contribution >= 0.6 is 0 Å². The molecule has 0 saturated heterocycles. The van der Waals surface area contributed by atoms with E-state index in [0.29, 0.717) is 6.07 Å². The summed E-state index contributed by atoms with van der Waals surface area (Å²) < 4.78 is 30.1. The van der Waals surface area contributed by atoms with Crippen molar-refractivity contribution in [3.63, 3.8) is 0 Å². The summed E-state index contributed by atoms with van der Waals surface area (Å²) in [5.74, 6) is -3.05. The van der Waals surface area contributed by atoms with Crippen LogP contribution in [0.3, 0.4) is 0 Å². The Bertz CT molecular complexity index is 447. The third-order valence-corrected chi connectivity index (χ3v) is 1.80. The second-order valence-corrected chi connectivity index (χ2v) is 3.11. The lowest BCUT2D eigenvalue weighted by molar-refractivity contribution is -0.137. The summed E-state index contributed by atoms with van der Waals surface area (Å²) >= 11 is 0. The molecule has 0 heterocycles. The monoisotopic (exact) mass is 240 g/mol. The summed E-state index contributed by atoms with van der Waals surface area (Å²) in [4.78, 5) is 22.3. The molecule has 0 saturated carbocycles. The molecule has 90 valence electrons. The summed E-state index contributed by atoms with van der Waals surface area (Å²) in [6, 6.07) is 2.44. The predicted octanol–water partition coefficient (Wildman–Crippen LogP) is 2.27. The van der Waals surface area contributed by atoms with E-state index in [0.717, 1.165) is 24.3 Å². The molecule has 1 aromatic rings. The van der Waals surface area contributed by atoms with E-state index in [-0.39, 0.29) is 12.2 Å². The van der Waals surface area contributed by atoms with Crippen molar-refractivity contribution < 1.29 is 23.1 Å². The number of benzene rings is 1. The first-order valence-electron chi connectivity index (χ1n) is 4.88. The molecule has 0 aromatic heterocycles. The average molecular weight is 240 g/mol. The highest BCUT2D eigenvalue weighted by Crippen LogP contribution is 2.09. The van der Waals surface area contributed by atoms with Crippen LogP contribution in [0.2, 0.25) is 0 Å². The van der Waals surface area contributed by atoms with E-state index in [9.17, 15) is 18.4 Å². The van der Waals surface area contributed by atoms with Crippen LogP contribution in [0.1, 0.15) is 17.3 Å². The first-order valence-corrected chi connectivity index (χ1v) is 4.88. The molecule has 0 amide bonds. The molecule has 1 aromatic carbocycles. The minimum absolute atomic E-state index is 0.164. The summed E-state index contributed by atoms with van der Waals surface area (Å²) in [7, 11) is 0. The van der Waals surface area contributed by atoms with Crippen molar-refractivity contribution in [3.05, 3.63) is 47.5 Å². The fourth-order valence-electron chi connectivity index (χ4n) is 1.13. The molecular formula is C12H10F2O3. The van der Waals surface area contributed by atoms with Crippen LogP contribution in [0.15, 0.2) is 30.4 Å². The summed E-state index contributed by atoms with van der Waals surface area (Å²) in [5.41, 5.74) is -0.164. The Morgan fingerprint density at radius 3 is 2.29 bits per heavy atom. The number of ether oxygens (including phenoxy) is 1. The Labute approximate surface area is 96.7 Å². The van der Waals surface area contributed by atoms with Crippen molar-refractivity contribution in [1.29, 1.82) is 0 Å². The number of allylic oxidation sites excluding steroid dienone is 1. The van der Waals surface area contributed by atoms with Gasteiger partial charge in [0.25, 0.3) is 0 Å². The van der Waals surface area contributed by atoms with Gasteiger partial charge < -0.3 is 4.74 Å². The van der Waals surface area contributed by atoms with Gasteiger partial charge in [-0.3, -0.25) is 4.79 Å². The van der Waals surface area contributed by atoms with Gasteiger partial charge in [0.1, 0.15) is 11.6 Å². The van der Waals surface area contributed by atoms with Gasteiger partial charge in [-0.05, 0) is 25.1 Å². The Morgan fingerprint density at radius 2 is 1.76 bits per heavy atom. The lowest BCUT2D eigenvalue weighted by Crippen LogP contribution is -2.02. The van der Waals surface area contributed by atoms with Crippen molar-refractivity contribution in [2.75, 3.05) is 6.61 Å². The summed E-state index contributed by atoms with van der Waals surface area (Å²) in [6.07, 6.45) is 1.82. The van der Waals surface area contributed by atoms with Crippen LogP contribution in [0.5, 0.6) is 0 Å². The topological polar surface area (TPSA) is 43.4 Å². The van der Waals surface area contributed by atoms with Crippen LogP contribution in [0, 0.1) is 11.6 Å². The molecule has 17 heavy (non-hydrogen) atoms. The highest BCUT2D eigenvalue weighted by Gasteiger charge is 2.07. The molecule has 0 atom stereocenters. The number of halogens is 2. The van der Waals surface area contributed by atoms with E-state index in [1.807, 2.05) is 0 Å². The van der Waals surface area contributed by atoms with Crippen LogP contribution in [-0.4, -0.2) is 18.4 Å². The highest BCUT2D eigenvalue weighted by atomic mass is 19.1. The average Bonchev–Trinajstić information content (AvgIpc) is 2.25. The number of carbonyl (C=O) groups is 2. The minimum atomic E-state index is -0.849. The van der Waals surface area contributed by atoms with E-state index < -0.39 is 23.4 Å². The molecule has 0 aliphatic carbocycles. The van der Waals surface area contributed by atoms with E-state index in [1.165, 1.54) is 0 Å². The van der Waals surface area contributed by atoms with Gasteiger partial charge >= 0.3 is 5.97 Å². The van der Waals surface area contributed by atoms with E-state index in [1.54, 1.807) is 6.92 Å². The number of hydrogen-bond acceptors (Lipinski definition) is 3. The normalized spacial score (nSPS) is 10.5. The molecule has 0 aliphatic heterocycles. The quantitative estimate of drug-likeness (QED) is 0.460. The van der Waals surface area contributed by atoms with Gasteiger partial charge in [0, 0.05) is 17.7 Å². The Morgan fingerprint density at radius 1 is 1.18 bits per heavy atom. The van der Waals surface area contributed by atoms with Gasteiger partial charge in [-0.25, -0.2) is 13.6 Å². The molecule has 3 nitrogen and oxygen atoms in total. The van der Waals surface area contributed by atoms with Crippen molar-refractivity contribution >= 4 is 11.8 Å². The Balaban J connectivity index is 2.79. The maximum atomic E-state index is 12.8. The summed E-state index contributed by atoms with van der Waals surface area (Å²) in [6.45, 7) is 1.81. The molecule has 5 heteroatoms. The van der Waals surface area contributed by atoms with Gasteiger partial charge in [-0.2, -0.15) is 0 Å². The molecule has 0 spiro atoms. The smallest absolute Gasteiger partial charge is 0.330 e. The highest BCUT2D eigenvalue weighted by molar-refractivity contribution is 6.06. The van der Waals surface area contributed by atoms with Crippen LogP contribution in [0.25, 0.3) is 0 Å². The Kier molecular flexibility index (Phi) is 4.51. The second kappa shape index (κ2) is 5.89. The zero-order chi connectivity index (χ0) is 12.8. The third kappa shape index (κ3) is 4.14. The first-order chi connectivity index (χ1) is 8.02. The maximum absolute atomic E-state index is 12.8. The van der Waals surface area contributed by atoms with Gasteiger partial charge in [-0.1, -0.05) is 0 Å². The number of rotatable bonds is 4. The van der Waals surface area contributed by atoms with E-state index >= 15 is 0 Å². The van der Waals surface area contributed by atoms with Gasteiger partial charge in [0.05, 0.1) is 6.61 Å². The molecule has 1 rings (SSSR count). The van der Waals surface area contributed by atoms with Crippen LogP contribution in [0.4, 0.5) is 8.78 Å². The van der Waals surface area contributed by atoms with Crippen molar-refractivity contribution in [2.24, 2.45) is 0 Å². The largest absolute Gasteiger partial charge is 0.463 e. The van der Waals surface area contributed by atoms with Gasteiger partial charge in [0.15, 0.2) is 5.78 Å². The number of esters is 1. The molecule has 0 fully saturated rings. The zero-order valence-corrected chi connectivity index (χ0v) is 9.07. The molecule has 0 unspecified atom stereocenters. The Hall–Kier alpha value is -2.04. The van der Waals surface area contributed by atoms with Gasteiger partial charge in [0.2, 0.25) is 0 Å². The first kappa shape index (κ1) is 13.0. The summed E-state index contributed by atoms with van der Waals surface area (Å²) in [5, 5.41) is 0. The van der Waals surface area contributed by atoms with Crippen LogP contribution in [-0.2, 0) is 9.53 Å². The molecular weight excluding hydrogens is 230 g/mol. The van der Waals surface area contributed by atoms with Crippen molar-refractivity contribution in [1.82, 2.24) is 0 Å². The fourth-order valence-corrected chi connectivity index (χ4v) is 1.13. The molecule has 0 N–H and O–H groups in total. The lowest BCUT2D eigenvalue weighted by Gasteiger charge is -1.97. The number of ketones is 1. The molecule has 0 bridgehead atoms. The van der Waals surface area contributed by atoms with Gasteiger partial charge in [-0.15, -0.1) is 0 Å². The van der Waals surface area contributed by atoms with E-state index in [4.69, 9.17) is 0 Å². The standard InChI is InChI=1S/C12H10F2O3/c1-2-17-12(16)4-3-11(15)8-5-9(13)7-10(14)6-8/h3-7H,2H2,1H3. The lowest BCUT2D eigenvalue weighted by atomic mass is 10.1. The van der Waals surface area contributed by atoms with Crippen molar-refractivity contribution in [2.45, 2.75) is 6.92 Å². The van der Waals surface area contributed by atoms with Crippen molar-refractivity contribution in [3.8, 4) is 0 Å². The fraction of sp³-hybridized carbons (Fsp3) is 0.167. The van der Waals surface area contributed by atoms with Crippen LogP contribution < -0.4 is 0 Å². The second-order valence-electron chi connectivity index (χ2n) is 3.11. The minimum Gasteiger partial charge on any atom is -0.463 e. The number of hydrogen-bond donors (Lipinski definition) is 0. The van der Waals surface area contributed by atoms with E-state index in [2.05, 4.69) is 4.74 Å². The molecule has 0 aliphatic rings. The predicted molar refractivity (Wildman–Crippen MR) is 56.5 cm³/mol.